The lowest BCUT2D eigenvalue weighted by Crippen LogP contribution is -2.26. The fraction of sp³-hybridized carbons (Fsp3) is 0.923. The molecule has 15 heavy (non-hydrogen) atoms. The first-order chi connectivity index (χ1) is 7.27. The van der Waals surface area contributed by atoms with E-state index in [0.717, 1.165) is 31.7 Å². The van der Waals surface area contributed by atoms with Crippen molar-refractivity contribution in [1.29, 1.82) is 0 Å². The van der Waals surface area contributed by atoms with E-state index >= 15 is 0 Å². The standard InChI is InChI=1S/C13H25NO/c1-3-6-11(4-2)7-5-10-14-13(15)12-8-9-12/h11-12H,3-10H2,1-2H3,(H,14,15). The lowest BCUT2D eigenvalue weighted by Gasteiger charge is -2.13. The van der Waals surface area contributed by atoms with Crippen molar-refractivity contribution < 1.29 is 4.79 Å². The highest BCUT2D eigenvalue weighted by Gasteiger charge is 2.28. The first kappa shape index (κ1) is 12.5. The third-order valence-electron chi connectivity index (χ3n) is 3.31. The Labute approximate surface area is 93.8 Å². The van der Waals surface area contributed by atoms with Crippen molar-refractivity contribution in [3.05, 3.63) is 0 Å². The highest BCUT2D eigenvalue weighted by atomic mass is 16.2. The molecule has 0 heterocycles. The van der Waals surface area contributed by atoms with Crippen molar-refractivity contribution in [2.24, 2.45) is 11.8 Å². The number of hydrogen-bond acceptors (Lipinski definition) is 1. The van der Waals surface area contributed by atoms with Crippen molar-refractivity contribution >= 4 is 5.91 Å². The van der Waals surface area contributed by atoms with Crippen LogP contribution in [0.1, 0.15) is 58.8 Å². The quantitative estimate of drug-likeness (QED) is 0.614. The molecule has 0 bridgehead atoms. The van der Waals surface area contributed by atoms with Crippen molar-refractivity contribution in [3.63, 3.8) is 0 Å². The van der Waals surface area contributed by atoms with Crippen molar-refractivity contribution in [2.75, 3.05) is 6.54 Å². The Hall–Kier alpha value is -0.530. The van der Waals surface area contributed by atoms with Crippen LogP contribution in [0.25, 0.3) is 0 Å². The zero-order valence-corrected chi connectivity index (χ0v) is 10.2. The summed E-state index contributed by atoms with van der Waals surface area (Å²) in [4.78, 5) is 11.3. The van der Waals surface area contributed by atoms with Gasteiger partial charge in [-0.15, -0.1) is 0 Å². The van der Waals surface area contributed by atoms with Gasteiger partial charge < -0.3 is 5.32 Å². The predicted molar refractivity (Wildman–Crippen MR) is 63.7 cm³/mol. The first-order valence-corrected chi connectivity index (χ1v) is 6.55. The Bertz CT molecular complexity index is 187. The van der Waals surface area contributed by atoms with Crippen molar-refractivity contribution in [3.8, 4) is 0 Å². The second-order valence-corrected chi connectivity index (χ2v) is 4.77. The van der Waals surface area contributed by atoms with Gasteiger partial charge in [-0.25, -0.2) is 0 Å². The van der Waals surface area contributed by atoms with Crippen LogP contribution in [0.5, 0.6) is 0 Å². The molecular weight excluding hydrogens is 186 g/mol. The van der Waals surface area contributed by atoms with Crippen LogP contribution < -0.4 is 5.32 Å². The molecule has 0 aromatic rings. The summed E-state index contributed by atoms with van der Waals surface area (Å²) < 4.78 is 0. The van der Waals surface area contributed by atoms with E-state index in [1.54, 1.807) is 0 Å². The molecule has 0 radical (unpaired) electrons. The SMILES string of the molecule is CCCC(CC)CCCNC(=O)C1CC1. The zero-order valence-electron chi connectivity index (χ0n) is 10.2. The Kier molecular flexibility index (Phi) is 5.74. The molecule has 1 aliphatic carbocycles. The van der Waals surface area contributed by atoms with E-state index in [1.165, 1.54) is 25.7 Å². The molecule has 88 valence electrons. The number of hydrogen-bond donors (Lipinski definition) is 1. The number of nitrogens with one attached hydrogen (secondary N) is 1. The molecule has 1 atom stereocenters. The average molecular weight is 211 g/mol. The van der Waals surface area contributed by atoms with Gasteiger partial charge in [0.25, 0.3) is 0 Å². The van der Waals surface area contributed by atoms with E-state index in [2.05, 4.69) is 19.2 Å². The molecule has 1 rings (SSSR count). The van der Waals surface area contributed by atoms with Gasteiger partial charge in [-0.05, 0) is 31.6 Å². The zero-order chi connectivity index (χ0) is 11.1. The summed E-state index contributed by atoms with van der Waals surface area (Å²) in [6.45, 7) is 5.40. The Morgan fingerprint density at radius 2 is 2.07 bits per heavy atom. The Morgan fingerprint density at radius 1 is 1.33 bits per heavy atom. The Morgan fingerprint density at radius 3 is 2.60 bits per heavy atom. The lowest BCUT2D eigenvalue weighted by atomic mass is 9.95. The monoisotopic (exact) mass is 211 g/mol. The van der Waals surface area contributed by atoms with Gasteiger partial charge >= 0.3 is 0 Å². The van der Waals surface area contributed by atoms with E-state index in [9.17, 15) is 4.79 Å². The van der Waals surface area contributed by atoms with E-state index in [0.29, 0.717) is 11.8 Å². The minimum absolute atomic E-state index is 0.290. The summed E-state index contributed by atoms with van der Waals surface area (Å²) in [6, 6.07) is 0. The van der Waals surface area contributed by atoms with Crippen LogP contribution in [0.3, 0.4) is 0 Å². The fourth-order valence-electron chi connectivity index (χ4n) is 2.05. The molecule has 0 aromatic carbocycles. The topological polar surface area (TPSA) is 29.1 Å². The molecular formula is C13H25NO. The summed E-state index contributed by atoms with van der Waals surface area (Å²) in [5, 5.41) is 3.03. The molecule has 0 aliphatic heterocycles. The van der Waals surface area contributed by atoms with Crippen LogP contribution in [0.15, 0.2) is 0 Å². The van der Waals surface area contributed by atoms with Gasteiger partial charge in [0, 0.05) is 12.5 Å². The maximum absolute atomic E-state index is 11.3. The van der Waals surface area contributed by atoms with Gasteiger partial charge in [0.15, 0.2) is 0 Å². The van der Waals surface area contributed by atoms with Gasteiger partial charge in [0.05, 0.1) is 0 Å². The minimum Gasteiger partial charge on any atom is -0.356 e. The number of carbonyl (C=O) groups excluding carboxylic acids is 1. The maximum atomic E-state index is 11.3. The smallest absolute Gasteiger partial charge is 0.223 e. The summed E-state index contributed by atoms with van der Waals surface area (Å²) in [7, 11) is 0. The van der Waals surface area contributed by atoms with Gasteiger partial charge in [-0.2, -0.15) is 0 Å². The average Bonchev–Trinajstić information content (AvgIpc) is 3.05. The van der Waals surface area contributed by atoms with Crippen LogP contribution in [-0.4, -0.2) is 12.5 Å². The molecule has 1 aliphatic rings. The lowest BCUT2D eigenvalue weighted by molar-refractivity contribution is -0.122. The minimum atomic E-state index is 0.290. The van der Waals surface area contributed by atoms with E-state index in [1.807, 2.05) is 0 Å². The van der Waals surface area contributed by atoms with Crippen LogP contribution in [0, 0.1) is 11.8 Å². The van der Waals surface area contributed by atoms with E-state index < -0.39 is 0 Å². The molecule has 0 aromatic heterocycles. The van der Waals surface area contributed by atoms with Crippen molar-refractivity contribution in [2.45, 2.75) is 58.8 Å². The van der Waals surface area contributed by atoms with Crippen LogP contribution >= 0.6 is 0 Å². The third-order valence-corrected chi connectivity index (χ3v) is 3.31. The first-order valence-electron chi connectivity index (χ1n) is 6.55. The summed E-state index contributed by atoms with van der Waals surface area (Å²) in [5.41, 5.74) is 0. The van der Waals surface area contributed by atoms with E-state index in [4.69, 9.17) is 0 Å². The summed E-state index contributed by atoms with van der Waals surface area (Å²) in [5.74, 6) is 1.52. The molecule has 0 saturated heterocycles. The molecule has 1 amide bonds. The van der Waals surface area contributed by atoms with E-state index in [-0.39, 0.29) is 0 Å². The molecule has 2 nitrogen and oxygen atoms in total. The molecule has 2 heteroatoms. The molecule has 1 unspecified atom stereocenters. The maximum Gasteiger partial charge on any atom is 0.223 e. The number of amides is 1. The second kappa shape index (κ2) is 6.86. The van der Waals surface area contributed by atoms with Gasteiger partial charge in [0.1, 0.15) is 0 Å². The van der Waals surface area contributed by atoms with Crippen LogP contribution in [0.2, 0.25) is 0 Å². The molecule has 1 fully saturated rings. The van der Waals surface area contributed by atoms with Crippen molar-refractivity contribution in [1.82, 2.24) is 5.32 Å². The van der Waals surface area contributed by atoms with Gasteiger partial charge in [-0.3, -0.25) is 4.79 Å². The van der Waals surface area contributed by atoms with Gasteiger partial charge in [-0.1, -0.05) is 33.1 Å². The fourth-order valence-corrected chi connectivity index (χ4v) is 2.05. The number of carbonyl (C=O) groups is 1. The predicted octanol–water partition coefficient (Wildman–Crippen LogP) is 3.12. The largest absolute Gasteiger partial charge is 0.356 e. The van der Waals surface area contributed by atoms with Crippen LogP contribution in [-0.2, 0) is 4.79 Å². The highest BCUT2D eigenvalue weighted by Crippen LogP contribution is 2.28. The molecule has 1 N–H and O–H groups in total. The molecule has 1 saturated carbocycles. The Balaban J connectivity index is 1.96. The normalized spacial score (nSPS) is 17.5. The second-order valence-electron chi connectivity index (χ2n) is 4.77. The van der Waals surface area contributed by atoms with Crippen LogP contribution in [0.4, 0.5) is 0 Å². The van der Waals surface area contributed by atoms with Gasteiger partial charge in [0.2, 0.25) is 5.91 Å². The number of rotatable bonds is 8. The highest BCUT2D eigenvalue weighted by molar-refractivity contribution is 5.80. The molecule has 0 spiro atoms. The summed E-state index contributed by atoms with van der Waals surface area (Å²) >= 11 is 0. The third kappa shape index (κ3) is 5.19. The summed E-state index contributed by atoms with van der Waals surface area (Å²) in [6.07, 6.45) is 8.55.